The molecule has 120 valence electrons. The molecule has 0 fully saturated rings. The van der Waals surface area contributed by atoms with Crippen LogP contribution in [0.25, 0.3) is 11.3 Å². The van der Waals surface area contributed by atoms with Gasteiger partial charge in [-0.3, -0.25) is 14.9 Å². The zero-order valence-electron chi connectivity index (χ0n) is 12.1. The van der Waals surface area contributed by atoms with E-state index in [0.717, 1.165) is 29.6 Å². The van der Waals surface area contributed by atoms with Crippen LogP contribution in [0.2, 0.25) is 0 Å². The number of hydrogen-bond acceptors (Lipinski definition) is 7. The number of pyridine rings is 1. The molecule has 2 N–H and O–H groups in total. The van der Waals surface area contributed by atoms with Gasteiger partial charge >= 0.3 is 0 Å². The Labute approximate surface area is 139 Å². The molecule has 3 rings (SSSR count). The summed E-state index contributed by atoms with van der Waals surface area (Å²) in [7, 11) is 0. The molecule has 0 saturated heterocycles. The van der Waals surface area contributed by atoms with Crippen LogP contribution in [0.1, 0.15) is 10.4 Å². The third-order valence-electron chi connectivity index (χ3n) is 3.05. The van der Waals surface area contributed by atoms with Crippen LogP contribution in [0, 0.1) is 10.1 Å². The Hall–Kier alpha value is -3.20. The van der Waals surface area contributed by atoms with E-state index >= 15 is 0 Å². The van der Waals surface area contributed by atoms with E-state index < -0.39 is 10.8 Å². The summed E-state index contributed by atoms with van der Waals surface area (Å²) in [5, 5.41) is 11.2. The summed E-state index contributed by atoms with van der Waals surface area (Å²) in [5.74, 6) is -0.816. The summed E-state index contributed by atoms with van der Waals surface area (Å²) in [6, 6.07) is 10.5. The Balaban J connectivity index is 1.90. The lowest BCUT2D eigenvalue weighted by atomic mass is 10.2. The van der Waals surface area contributed by atoms with Gasteiger partial charge in [0.2, 0.25) is 0 Å². The largest absolute Gasteiger partial charge is 0.439 e. The third-order valence-corrected chi connectivity index (χ3v) is 3.93. The van der Waals surface area contributed by atoms with Gasteiger partial charge in [0.1, 0.15) is 23.2 Å². The van der Waals surface area contributed by atoms with Crippen LogP contribution in [0.4, 0.5) is 5.69 Å². The number of carbonyl (C=O) groups is 1. The molecular formula is C15H10N4O4S. The number of amides is 1. The lowest BCUT2D eigenvalue weighted by Gasteiger charge is -2.02. The van der Waals surface area contributed by atoms with Gasteiger partial charge in [-0.2, -0.15) is 0 Å². The summed E-state index contributed by atoms with van der Waals surface area (Å²) in [6.07, 6.45) is 2.53. The highest BCUT2D eigenvalue weighted by molar-refractivity contribution is 7.99. The normalized spacial score (nSPS) is 10.5. The monoisotopic (exact) mass is 342 g/mol. The fourth-order valence-corrected chi connectivity index (χ4v) is 2.71. The van der Waals surface area contributed by atoms with Gasteiger partial charge < -0.3 is 10.2 Å². The molecule has 24 heavy (non-hydrogen) atoms. The van der Waals surface area contributed by atoms with Crippen molar-refractivity contribution >= 4 is 23.4 Å². The van der Waals surface area contributed by atoms with Gasteiger partial charge in [0.15, 0.2) is 0 Å². The summed E-state index contributed by atoms with van der Waals surface area (Å²) >= 11 is 0.966. The number of primary amides is 1. The van der Waals surface area contributed by atoms with E-state index in [1.54, 1.807) is 0 Å². The predicted octanol–water partition coefficient (Wildman–Crippen LogP) is 2.89. The molecule has 2 aromatic heterocycles. The van der Waals surface area contributed by atoms with Crippen LogP contribution in [0.15, 0.2) is 63.5 Å². The number of nitrogens with two attached hydrogens (primary N) is 1. The first-order valence-corrected chi connectivity index (χ1v) is 7.49. The molecule has 1 amide bonds. The molecule has 0 aliphatic carbocycles. The van der Waals surface area contributed by atoms with Crippen molar-refractivity contribution in [3.63, 3.8) is 0 Å². The molecule has 9 heteroatoms. The molecule has 0 saturated carbocycles. The smallest absolute Gasteiger partial charge is 0.288 e. The van der Waals surface area contributed by atoms with Crippen molar-refractivity contribution in [3.8, 4) is 11.3 Å². The van der Waals surface area contributed by atoms with Crippen molar-refractivity contribution in [1.82, 2.24) is 9.97 Å². The quantitative estimate of drug-likeness (QED) is 0.558. The van der Waals surface area contributed by atoms with Crippen molar-refractivity contribution in [2.75, 3.05) is 0 Å². The summed E-state index contributed by atoms with van der Waals surface area (Å²) in [6.45, 7) is 0. The van der Waals surface area contributed by atoms with Crippen molar-refractivity contribution in [1.29, 1.82) is 0 Å². The van der Waals surface area contributed by atoms with E-state index in [1.807, 2.05) is 30.3 Å². The minimum absolute atomic E-state index is 0.0614. The minimum Gasteiger partial charge on any atom is -0.439 e. The maximum atomic E-state index is 11.5. The standard InChI is InChI=1S/C15H10N4O4S/c16-13(20)11-6-10(19(21)22)7-17-14(11)24-15-18-12(8-23-15)9-4-2-1-3-5-9/h1-8H,(H2,16,20). The number of aromatic nitrogens is 2. The van der Waals surface area contributed by atoms with Gasteiger partial charge in [-0.05, 0) is 11.8 Å². The highest BCUT2D eigenvalue weighted by Crippen LogP contribution is 2.31. The fraction of sp³-hybridized carbons (Fsp3) is 0. The van der Waals surface area contributed by atoms with Gasteiger partial charge in [-0.15, -0.1) is 0 Å². The maximum Gasteiger partial charge on any atom is 0.288 e. The molecule has 3 aromatic rings. The van der Waals surface area contributed by atoms with E-state index in [9.17, 15) is 14.9 Å². The predicted molar refractivity (Wildman–Crippen MR) is 85.5 cm³/mol. The van der Waals surface area contributed by atoms with E-state index in [0.29, 0.717) is 5.69 Å². The van der Waals surface area contributed by atoms with E-state index in [-0.39, 0.29) is 21.5 Å². The second-order valence-corrected chi connectivity index (χ2v) is 5.57. The SMILES string of the molecule is NC(=O)c1cc([N+](=O)[O-])cnc1Sc1nc(-c2ccccc2)co1. The zero-order valence-corrected chi connectivity index (χ0v) is 12.9. The van der Waals surface area contributed by atoms with Crippen LogP contribution in [0.3, 0.4) is 0 Å². The number of oxazole rings is 1. The number of nitrogens with zero attached hydrogens (tertiary/aromatic N) is 3. The first kappa shape index (κ1) is 15.7. The average Bonchev–Trinajstić information content (AvgIpc) is 3.04. The molecule has 0 aliphatic heterocycles. The van der Waals surface area contributed by atoms with Gasteiger partial charge in [0.25, 0.3) is 16.8 Å². The highest BCUT2D eigenvalue weighted by atomic mass is 32.2. The lowest BCUT2D eigenvalue weighted by molar-refractivity contribution is -0.385. The molecule has 8 nitrogen and oxygen atoms in total. The summed E-state index contributed by atoms with van der Waals surface area (Å²) in [4.78, 5) is 29.9. The Morgan fingerprint density at radius 3 is 2.71 bits per heavy atom. The summed E-state index contributed by atoms with van der Waals surface area (Å²) < 4.78 is 5.36. The second-order valence-electron chi connectivity index (χ2n) is 4.63. The molecule has 2 heterocycles. The van der Waals surface area contributed by atoms with Crippen LogP contribution in [0.5, 0.6) is 0 Å². The number of carbonyl (C=O) groups excluding carboxylic acids is 1. The molecule has 0 atom stereocenters. The minimum atomic E-state index is -0.816. The van der Waals surface area contributed by atoms with Crippen LogP contribution in [-0.2, 0) is 0 Å². The highest BCUT2D eigenvalue weighted by Gasteiger charge is 2.19. The van der Waals surface area contributed by atoms with Crippen molar-refractivity contribution in [2.24, 2.45) is 5.73 Å². The van der Waals surface area contributed by atoms with Crippen molar-refractivity contribution in [3.05, 3.63) is 64.5 Å². The Bertz CT molecular complexity index is 911. The molecule has 0 unspecified atom stereocenters. The Kier molecular flexibility index (Phi) is 4.25. The number of hydrogen-bond donors (Lipinski definition) is 1. The van der Waals surface area contributed by atoms with Gasteiger partial charge in [-0.25, -0.2) is 9.97 Å². The summed E-state index contributed by atoms with van der Waals surface area (Å²) in [5.41, 5.74) is 6.39. The van der Waals surface area contributed by atoms with E-state index in [1.165, 1.54) is 6.26 Å². The van der Waals surface area contributed by atoms with Crippen LogP contribution in [-0.4, -0.2) is 20.8 Å². The molecule has 0 bridgehead atoms. The lowest BCUT2D eigenvalue weighted by Crippen LogP contribution is -2.13. The van der Waals surface area contributed by atoms with Crippen molar-refractivity contribution < 1.29 is 14.1 Å². The number of rotatable bonds is 5. The number of benzene rings is 1. The molecule has 0 aliphatic rings. The molecule has 0 radical (unpaired) electrons. The van der Waals surface area contributed by atoms with Gasteiger partial charge in [0, 0.05) is 11.6 Å². The number of nitro groups is 1. The van der Waals surface area contributed by atoms with Gasteiger partial charge in [0.05, 0.1) is 10.5 Å². The van der Waals surface area contributed by atoms with E-state index in [2.05, 4.69) is 9.97 Å². The zero-order chi connectivity index (χ0) is 17.1. The molecule has 1 aromatic carbocycles. The Morgan fingerprint density at radius 2 is 2.04 bits per heavy atom. The van der Waals surface area contributed by atoms with Crippen LogP contribution < -0.4 is 5.73 Å². The Morgan fingerprint density at radius 1 is 1.29 bits per heavy atom. The first-order valence-electron chi connectivity index (χ1n) is 6.67. The maximum absolute atomic E-state index is 11.5. The first-order chi connectivity index (χ1) is 11.5. The van der Waals surface area contributed by atoms with Crippen molar-refractivity contribution in [2.45, 2.75) is 10.2 Å². The third kappa shape index (κ3) is 3.25. The molecule has 0 spiro atoms. The second kappa shape index (κ2) is 6.50. The van der Waals surface area contributed by atoms with E-state index in [4.69, 9.17) is 10.2 Å². The average molecular weight is 342 g/mol. The topological polar surface area (TPSA) is 125 Å². The molecular weight excluding hydrogens is 332 g/mol. The fourth-order valence-electron chi connectivity index (χ4n) is 1.93. The van der Waals surface area contributed by atoms with Gasteiger partial charge in [-0.1, -0.05) is 30.3 Å². The van der Waals surface area contributed by atoms with Crippen LogP contribution >= 0.6 is 11.8 Å².